The molecule has 0 unspecified atom stereocenters. The van der Waals surface area contributed by atoms with Gasteiger partial charge >= 0.3 is 0 Å². The minimum Gasteiger partial charge on any atom is -0.279 e. The van der Waals surface area contributed by atoms with Crippen molar-refractivity contribution in [3.8, 4) is 0 Å². The number of carbonyl (C=O) groups is 1. The lowest BCUT2D eigenvalue weighted by Gasteiger charge is -1.89. The predicted molar refractivity (Wildman–Crippen MR) is 60.2 cm³/mol. The number of hydrogen-bond donors (Lipinski definition) is 2. The van der Waals surface area contributed by atoms with Crippen LogP contribution in [0.5, 0.6) is 0 Å². The van der Waals surface area contributed by atoms with Crippen LogP contribution in [-0.4, -0.2) is 10.1 Å². The summed E-state index contributed by atoms with van der Waals surface area (Å²) in [6, 6.07) is 5.64. The van der Waals surface area contributed by atoms with Gasteiger partial charge in [-0.1, -0.05) is 18.7 Å². The molecule has 5 heteroatoms. The Bertz CT molecular complexity index is 477. The van der Waals surface area contributed by atoms with Crippen LogP contribution in [0.1, 0.15) is 9.80 Å². The van der Waals surface area contributed by atoms with Gasteiger partial charge in [-0.3, -0.25) is 4.79 Å². The Morgan fingerprint density at radius 1 is 1.46 bits per heavy atom. The van der Waals surface area contributed by atoms with E-state index in [2.05, 4.69) is 30.2 Å². The normalized spacial score (nSPS) is 10.6. The van der Waals surface area contributed by atoms with E-state index in [4.69, 9.17) is 0 Å². The molecule has 0 radical (unpaired) electrons. The van der Waals surface area contributed by atoms with E-state index >= 15 is 0 Å². The van der Waals surface area contributed by atoms with Crippen LogP contribution in [0, 0.1) is 0 Å². The summed E-state index contributed by atoms with van der Waals surface area (Å²) in [6.07, 6.45) is 0. The minimum absolute atomic E-state index is 0.297. The first-order valence-electron chi connectivity index (χ1n) is 3.50. The fourth-order valence-electron chi connectivity index (χ4n) is 1.03. The number of para-hydroxylation sites is 1. The summed E-state index contributed by atoms with van der Waals surface area (Å²) >= 11 is 9.29. The van der Waals surface area contributed by atoms with Crippen LogP contribution in [-0.2, 0) is 0 Å². The molecule has 0 aliphatic carbocycles. The van der Waals surface area contributed by atoms with Gasteiger partial charge < -0.3 is 0 Å². The Morgan fingerprint density at radius 2 is 2.23 bits per heavy atom. The smallest absolute Gasteiger partial charge is 0.244 e. The van der Waals surface area contributed by atoms with E-state index in [0.29, 0.717) is 5.01 Å². The number of carbonyl (C=O) groups excluding carboxylic acids is 1. The molecule has 0 aliphatic rings. The lowest BCUT2D eigenvalue weighted by atomic mass is 10.3. The molecule has 0 saturated carbocycles. The standard InChI is InChI=1S/C8H5NOS3/c10-8(12)7-9-6-4(11)2-1-3-5(6)13-7/h1-3,11H,(H,10,12). The summed E-state index contributed by atoms with van der Waals surface area (Å²) in [5, 5.41) is 0.119. The zero-order valence-electron chi connectivity index (χ0n) is 6.39. The molecular formula is C8H5NOS3. The van der Waals surface area contributed by atoms with Gasteiger partial charge in [0.05, 0.1) is 10.2 Å². The van der Waals surface area contributed by atoms with Gasteiger partial charge in [-0.15, -0.1) is 24.0 Å². The first-order valence-corrected chi connectivity index (χ1v) is 5.21. The van der Waals surface area contributed by atoms with E-state index in [1.807, 2.05) is 18.2 Å². The van der Waals surface area contributed by atoms with E-state index in [1.54, 1.807) is 0 Å². The highest BCUT2D eigenvalue weighted by atomic mass is 32.1. The van der Waals surface area contributed by atoms with Gasteiger partial charge in [0.1, 0.15) is 0 Å². The summed E-state index contributed by atoms with van der Waals surface area (Å²) in [4.78, 5) is 15.8. The summed E-state index contributed by atoms with van der Waals surface area (Å²) in [5.41, 5.74) is 0.772. The Labute approximate surface area is 89.8 Å². The molecule has 1 heterocycles. The average molecular weight is 227 g/mol. The molecule has 0 atom stereocenters. The molecule has 0 bridgehead atoms. The number of hydrogen-bond acceptors (Lipinski definition) is 4. The van der Waals surface area contributed by atoms with Gasteiger partial charge in [0, 0.05) is 4.90 Å². The maximum Gasteiger partial charge on any atom is 0.244 e. The molecule has 0 N–H and O–H groups in total. The lowest BCUT2D eigenvalue weighted by Crippen LogP contribution is -1.84. The van der Waals surface area contributed by atoms with Gasteiger partial charge in [0.2, 0.25) is 5.12 Å². The maximum atomic E-state index is 10.9. The number of benzene rings is 1. The number of fused-ring (bicyclic) bond motifs is 1. The zero-order valence-corrected chi connectivity index (χ0v) is 9.00. The van der Waals surface area contributed by atoms with Crippen LogP contribution < -0.4 is 0 Å². The predicted octanol–water partition coefficient (Wildman–Crippen LogP) is 2.66. The van der Waals surface area contributed by atoms with Crippen LogP contribution in [0.4, 0.5) is 0 Å². The van der Waals surface area contributed by atoms with Crippen LogP contribution in [0.15, 0.2) is 23.1 Å². The summed E-state index contributed by atoms with van der Waals surface area (Å²) < 4.78 is 0.963. The van der Waals surface area contributed by atoms with E-state index in [9.17, 15) is 4.79 Å². The molecule has 66 valence electrons. The van der Waals surface area contributed by atoms with Crippen molar-refractivity contribution in [1.82, 2.24) is 4.98 Å². The topological polar surface area (TPSA) is 30.0 Å². The third-order valence-corrected chi connectivity index (χ3v) is 3.32. The quantitative estimate of drug-likeness (QED) is 0.734. The molecule has 0 saturated heterocycles. The van der Waals surface area contributed by atoms with Crippen molar-refractivity contribution >= 4 is 51.9 Å². The monoisotopic (exact) mass is 227 g/mol. The van der Waals surface area contributed by atoms with Gasteiger partial charge in [-0.25, -0.2) is 4.98 Å². The molecule has 0 aliphatic heterocycles. The zero-order chi connectivity index (χ0) is 9.42. The lowest BCUT2D eigenvalue weighted by molar-refractivity contribution is 0.109. The van der Waals surface area contributed by atoms with Crippen LogP contribution >= 0.6 is 36.6 Å². The van der Waals surface area contributed by atoms with E-state index < -0.39 is 0 Å². The van der Waals surface area contributed by atoms with E-state index in [0.717, 1.165) is 15.1 Å². The fourth-order valence-corrected chi connectivity index (χ4v) is 2.38. The van der Waals surface area contributed by atoms with Gasteiger partial charge in [0.15, 0.2) is 5.01 Å². The number of thiazole rings is 1. The highest BCUT2D eigenvalue weighted by molar-refractivity contribution is 7.97. The number of nitrogens with zero attached hydrogens (tertiary/aromatic N) is 1. The Hall–Kier alpha value is -0.520. The Morgan fingerprint density at radius 3 is 2.85 bits per heavy atom. The molecule has 1 aromatic carbocycles. The Kier molecular flexibility index (Phi) is 2.31. The van der Waals surface area contributed by atoms with Crippen molar-refractivity contribution in [2.45, 2.75) is 4.90 Å². The minimum atomic E-state index is -0.297. The molecule has 2 aromatic rings. The second kappa shape index (κ2) is 3.32. The third-order valence-electron chi connectivity index (χ3n) is 1.58. The first kappa shape index (κ1) is 9.05. The number of rotatable bonds is 1. The van der Waals surface area contributed by atoms with E-state index in [-0.39, 0.29) is 5.12 Å². The first-order chi connectivity index (χ1) is 6.18. The highest BCUT2D eigenvalue weighted by Gasteiger charge is 2.09. The van der Waals surface area contributed by atoms with Crippen molar-refractivity contribution in [2.24, 2.45) is 0 Å². The summed E-state index contributed by atoms with van der Waals surface area (Å²) in [6.45, 7) is 0. The second-order valence-corrected chi connectivity index (χ2v) is 4.37. The summed E-state index contributed by atoms with van der Waals surface area (Å²) in [7, 11) is 0. The molecule has 0 fully saturated rings. The highest BCUT2D eigenvalue weighted by Crippen LogP contribution is 2.27. The largest absolute Gasteiger partial charge is 0.279 e. The molecular weight excluding hydrogens is 222 g/mol. The molecule has 1 aromatic heterocycles. The molecule has 13 heavy (non-hydrogen) atoms. The van der Waals surface area contributed by atoms with Crippen molar-refractivity contribution in [3.05, 3.63) is 23.2 Å². The summed E-state index contributed by atoms with van der Waals surface area (Å²) in [5.74, 6) is 0. The number of thiol groups is 2. The van der Waals surface area contributed by atoms with Gasteiger partial charge in [0.25, 0.3) is 0 Å². The van der Waals surface area contributed by atoms with Crippen molar-refractivity contribution < 1.29 is 4.79 Å². The SMILES string of the molecule is O=C(S)c1nc2c(S)cccc2s1. The van der Waals surface area contributed by atoms with Gasteiger partial charge in [-0.2, -0.15) is 0 Å². The molecule has 2 nitrogen and oxygen atoms in total. The second-order valence-electron chi connectivity index (χ2n) is 2.45. The van der Waals surface area contributed by atoms with Crippen LogP contribution in [0.25, 0.3) is 10.2 Å². The van der Waals surface area contributed by atoms with Crippen LogP contribution in [0.2, 0.25) is 0 Å². The Balaban J connectivity index is 2.75. The molecule has 0 spiro atoms. The van der Waals surface area contributed by atoms with E-state index in [1.165, 1.54) is 11.3 Å². The average Bonchev–Trinajstić information content (AvgIpc) is 2.49. The fraction of sp³-hybridized carbons (Fsp3) is 0. The van der Waals surface area contributed by atoms with Crippen molar-refractivity contribution in [3.63, 3.8) is 0 Å². The number of aromatic nitrogens is 1. The molecule has 0 amide bonds. The van der Waals surface area contributed by atoms with Crippen molar-refractivity contribution in [2.75, 3.05) is 0 Å². The third kappa shape index (κ3) is 1.59. The van der Waals surface area contributed by atoms with Crippen molar-refractivity contribution in [1.29, 1.82) is 0 Å². The maximum absolute atomic E-state index is 10.9. The molecule has 2 rings (SSSR count). The van der Waals surface area contributed by atoms with Crippen LogP contribution in [0.3, 0.4) is 0 Å². The van der Waals surface area contributed by atoms with Gasteiger partial charge in [-0.05, 0) is 12.1 Å².